The van der Waals surface area contributed by atoms with Crippen LogP contribution in [0.4, 0.5) is 0 Å². The summed E-state index contributed by atoms with van der Waals surface area (Å²) in [7, 11) is 0. The molecule has 2 heterocycles. The smallest absolute Gasteiger partial charge is 0.116 e. The van der Waals surface area contributed by atoms with Gasteiger partial charge in [0.05, 0.1) is 6.26 Å². The lowest BCUT2D eigenvalue weighted by Gasteiger charge is -1.87. The summed E-state index contributed by atoms with van der Waals surface area (Å²) in [4.78, 5) is 2.86. The number of aromatic amines is 1. The molecule has 2 aromatic rings. The highest BCUT2D eigenvalue weighted by Crippen LogP contribution is 2.13. The molecule has 74 valence electrons. The van der Waals surface area contributed by atoms with Gasteiger partial charge in [0.15, 0.2) is 0 Å². The van der Waals surface area contributed by atoms with Crippen LogP contribution in [-0.2, 0) is 6.42 Å². The van der Waals surface area contributed by atoms with Gasteiger partial charge in [-0.2, -0.15) is 0 Å². The van der Waals surface area contributed by atoms with Gasteiger partial charge in [0.1, 0.15) is 5.76 Å². The molecular weight excluding hydrogens is 186 g/mol. The van der Waals surface area contributed by atoms with Gasteiger partial charge in [0.25, 0.3) is 0 Å². The second kappa shape index (κ2) is 4.92. The van der Waals surface area contributed by atoms with Gasteiger partial charge in [-0.05, 0) is 30.4 Å². The van der Waals surface area contributed by atoms with Crippen LogP contribution in [-0.4, -0.2) is 4.98 Å². The fourth-order valence-electron chi connectivity index (χ4n) is 1.24. The fraction of sp³-hybridized carbons (Fsp3) is 0.0769. The van der Waals surface area contributed by atoms with Crippen molar-refractivity contribution in [2.75, 3.05) is 0 Å². The molecule has 1 aliphatic carbocycles. The van der Waals surface area contributed by atoms with Crippen LogP contribution in [0.1, 0.15) is 11.3 Å². The molecule has 0 saturated carbocycles. The van der Waals surface area contributed by atoms with E-state index >= 15 is 0 Å². The molecule has 0 atom stereocenters. The van der Waals surface area contributed by atoms with Crippen LogP contribution in [0.2, 0.25) is 0 Å². The van der Waals surface area contributed by atoms with Gasteiger partial charge >= 0.3 is 0 Å². The van der Waals surface area contributed by atoms with Crippen LogP contribution in [0, 0.1) is 0 Å². The number of fused-ring (bicyclic) bond motifs is 1. The van der Waals surface area contributed by atoms with E-state index in [1.807, 2.05) is 42.7 Å². The van der Waals surface area contributed by atoms with Gasteiger partial charge in [0.2, 0.25) is 0 Å². The molecule has 0 aromatic carbocycles. The predicted molar refractivity (Wildman–Crippen MR) is 59.3 cm³/mol. The lowest BCUT2D eigenvalue weighted by atomic mass is 10.2. The van der Waals surface area contributed by atoms with E-state index < -0.39 is 0 Å². The Morgan fingerprint density at radius 3 is 2.80 bits per heavy atom. The van der Waals surface area contributed by atoms with E-state index in [4.69, 9.17) is 4.42 Å². The monoisotopic (exact) mass is 197 g/mol. The molecule has 0 bridgehead atoms. The molecule has 2 aromatic heterocycles. The van der Waals surface area contributed by atoms with Gasteiger partial charge in [-0.1, -0.05) is 11.5 Å². The first-order valence-corrected chi connectivity index (χ1v) is 4.77. The van der Waals surface area contributed by atoms with Crippen molar-refractivity contribution in [2.24, 2.45) is 0 Å². The Labute approximate surface area is 88.2 Å². The molecule has 2 nitrogen and oxygen atoms in total. The van der Waals surface area contributed by atoms with Crippen LogP contribution in [0.3, 0.4) is 0 Å². The molecule has 0 spiro atoms. The lowest BCUT2D eigenvalue weighted by Crippen LogP contribution is -1.76. The zero-order chi connectivity index (χ0) is 10.3. The average molecular weight is 197 g/mol. The van der Waals surface area contributed by atoms with Crippen LogP contribution >= 0.6 is 0 Å². The minimum absolute atomic E-state index is 0.825. The zero-order valence-corrected chi connectivity index (χ0v) is 8.23. The second-order valence-electron chi connectivity index (χ2n) is 3.03. The third-order valence-electron chi connectivity index (χ3n) is 1.98. The maximum Gasteiger partial charge on any atom is 0.116 e. The first kappa shape index (κ1) is 9.42. The van der Waals surface area contributed by atoms with Crippen LogP contribution in [0.5, 0.6) is 0 Å². The van der Waals surface area contributed by atoms with Crippen molar-refractivity contribution in [3.05, 3.63) is 65.7 Å². The summed E-state index contributed by atoms with van der Waals surface area (Å²) in [6.45, 7) is 0. The Kier molecular flexibility index (Phi) is 3.09. The number of nitrogens with one attached hydrogen (secondary N) is 1. The first-order chi connectivity index (χ1) is 7.47. The van der Waals surface area contributed by atoms with E-state index in [1.165, 1.54) is 0 Å². The Morgan fingerprint density at radius 2 is 2.07 bits per heavy atom. The first-order valence-electron chi connectivity index (χ1n) is 4.77. The molecule has 3 rings (SSSR count). The summed E-state index contributed by atoms with van der Waals surface area (Å²) in [6, 6.07) is 5.82. The lowest BCUT2D eigenvalue weighted by molar-refractivity contribution is 0.522. The molecule has 1 N–H and O–H groups in total. The summed E-state index contributed by atoms with van der Waals surface area (Å²) in [5.74, 6) is 0.998. The van der Waals surface area contributed by atoms with Crippen molar-refractivity contribution in [3.63, 3.8) is 0 Å². The minimum Gasteiger partial charge on any atom is -0.468 e. The normalized spacial score (nSPS) is 11.5. The third-order valence-corrected chi connectivity index (χ3v) is 1.98. The van der Waals surface area contributed by atoms with E-state index in [1.54, 1.807) is 6.26 Å². The number of hydrogen-bond donors (Lipinski definition) is 1. The van der Waals surface area contributed by atoms with Crippen LogP contribution in [0.25, 0.3) is 6.08 Å². The van der Waals surface area contributed by atoms with Crippen LogP contribution < -0.4 is 0 Å². The number of hydrogen-bond acceptors (Lipinski definition) is 1. The highest BCUT2D eigenvalue weighted by atomic mass is 16.3. The molecule has 0 saturated heterocycles. The summed E-state index contributed by atoms with van der Waals surface area (Å²) < 4.78 is 5.19. The van der Waals surface area contributed by atoms with Crippen molar-refractivity contribution in [2.45, 2.75) is 6.42 Å². The molecule has 15 heavy (non-hydrogen) atoms. The predicted octanol–water partition coefficient (Wildman–Crippen LogP) is 3.17. The van der Waals surface area contributed by atoms with E-state index in [2.05, 4.69) is 16.4 Å². The maximum atomic E-state index is 5.19. The molecule has 0 unspecified atom stereocenters. The minimum atomic E-state index is 0.825. The van der Waals surface area contributed by atoms with Crippen molar-refractivity contribution < 1.29 is 4.42 Å². The van der Waals surface area contributed by atoms with E-state index in [0.717, 1.165) is 17.7 Å². The van der Waals surface area contributed by atoms with Gasteiger partial charge in [-0.25, -0.2) is 0 Å². The largest absolute Gasteiger partial charge is 0.468 e. The number of allylic oxidation sites excluding steroid dienone is 1. The highest BCUT2D eigenvalue weighted by molar-refractivity contribution is 5.51. The summed E-state index contributed by atoms with van der Waals surface area (Å²) in [6.07, 6.45) is 10.1. The molecule has 2 heteroatoms. The quantitative estimate of drug-likeness (QED) is 0.646. The average Bonchev–Trinajstić information content (AvgIpc) is 2.90. The van der Waals surface area contributed by atoms with Crippen LogP contribution in [0.15, 0.2) is 58.8 Å². The van der Waals surface area contributed by atoms with Gasteiger partial charge in [0, 0.05) is 24.4 Å². The van der Waals surface area contributed by atoms with Crippen molar-refractivity contribution >= 4 is 6.08 Å². The van der Waals surface area contributed by atoms with Gasteiger partial charge in [-0.3, -0.25) is 0 Å². The topological polar surface area (TPSA) is 28.9 Å². The summed E-state index contributed by atoms with van der Waals surface area (Å²) >= 11 is 0. The molecule has 0 aliphatic heterocycles. The van der Waals surface area contributed by atoms with E-state index in [-0.39, 0.29) is 0 Å². The summed E-state index contributed by atoms with van der Waals surface area (Å²) in [5.41, 5.74) is 6.90. The Hall–Kier alpha value is -2.14. The maximum absolute atomic E-state index is 5.19. The van der Waals surface area contributed by atoms with Crippen molar-refractivity contribution in [1.29, 1.82) is 0 Å². The molecule has 0 amide bonds. The number of furan rings is 1. The van der Waals surface area contributed by atoms with E-state index in [0.29, 0.717) is 0 Å². The molecular formula is C13H11NO. The van der Waals surface area contributed by atoms with Gasteiger partial charge < -0.3 is 9.40 Å². The van der Waals surface area contributed by atoms with E-state index in [9.17, 15) is 0 Å². The number of rotatable bonds is 0. The second-order valence-corrected chi connectivity index (χ2v) is 3.03. The van der Waals surface area contributed by atoms with Crippen molar-refractivity contribution in [3.8, 4) is 0 Å². The highest BCUT2D eigenvalue weighted by Gasteiger charge is 2.00. The molecule has 0 radical (unpaired) electrons. The fourth-order valence-corrected chi connectivity index (χ4v) is 1.24. The Balaban J connectivity index is 0.000000144. The molecule has 0 fully saturated rings. The SMILES string of the molecule is C1=C=Cc2ccoc2CC=1.c1cc[nH]c1. The summed E-state index contributed by atoms with van der Waals surface area (Å²) in [5, 5.41) is 0. The standard InChI is InChI=1S/C9H6O.C4H5N/c1-2-4-8-6-7-10-9(8)5-3-1;1-2-4-5-3-1/h3-4,6-7H,5H2;1-5H. The Bertz CT molecular complexity index is 475. The van der Waals surface area contributed by atoms with Gasteiger partial charge in [-0.15, -0.1) is 0 Å². The third kappa shape index (κ3) is 2.65. The number of aromatic nitrogens is 1. The van der Waals surface area contributed by atoms with Crippen molar-refractivity contribution in [1.82, 2.24) is 4.98 Å². The zero-order valence-electron chi connectivity index (χ0n) is 8.23. The molecule has 1 aliphatic rings. The Morgan fingerprint density at radius 1 is 1.20 bits per heavy atom. The number of H-pyrrole nitrogens is 1.